The van der Waals surface area contributed by atoms with E-state index in [-0.39, 0.29) is 24.9 Å². The molecule has 0 bridgehead atoms. The summed E-state index contributed by atoms with van der Waals surface area (Å²) in [5.74, 6) is 0.279. The minimum absolute atomic E-state index is 0.00561. The number of ether oxygens (including phenoxy) is 2. The highest BCUT2D eigenvalue weighted by Gasteiger charge is 2.19. The van der Waals surface area contributed by atoms with E-state index >= 15 is 0 Å². The number of benzene rings is 1. The number of amides is 2. The molecule has 1 N–H and O–H groups in total. The predicted molar refractivity (Wildman–Crippen MR) is 91.5 cm³/mol. The molecule has 0 spiro atoms. The van der Waals surface area contributed by atoms with E-state index in [2.05, 4.69) is 5.32 Å². The zero-order valence-corrected chi connectivity index (χ0v) is 14.6. The van der Waals surface area contributed by atoms with Crippen molar-refractivity contribution < 1.29 is 19.1 Å². The van der Waals surface area contributed by atoms with E-state index < -0.39 is 0 Å². The van der Waals surface area contributed by atoms with Gasteiger partial charge in [-0.2, -0.15) is 0 Å². The molecule has 1 aromatic carbocycles. The Morgan fingerprint density at radius 3 is 2.71 bits per heavy atom. The summed E-state index contributed by atoms with van der Waals surface area (Å²) in [6.45, 7) is 2.58. The summed E-state index contributed by atoms with van der Waals surface area (Å²) in [5, 5.41) is 3.25. The van der Waals surface area contributed by atoms with Crippen LogP contribution in [-0.2, 0) is 14.3 Å². The van der Waals surface area contributed by atoms with Crippen molar-refractivity contribution in [3.05, 3.63) is 23.2 Å². The van der Waals surface area contributed by atoms with Crippen LogP contribution in [-0.4, -0.2) is 75.2 Å². The first-order valence-electron chi connectivity index (χ1n) is 7.67. The number of carbonyl (C=O) groups excluding carboxylic acids is 2. The highest BCUT2D eigenvalue weighted by molar-refractivity contribution is 6.31. The lowest BCUT2D eigenvalue weighted by atomic mass is 10.3. The summed E-state index contributed by atoms with van der Waals surface area (Å²) in [6, 6.07) is 4.99. The van der Waals surface area contributed by atoms with E-state index in [1.54, 1.807) is 35.0 Å². The first-order chi connectivity index (χ1) is 11.5. The molecule has 0 atom stereocenters. The van der Waals surface area contributed by atoms with E-state index in [4.69, 9.17) is 21.1 Å². The summed E-state index contributed by atoms with van der Waals surface area (Å²) in [7, 11) is 3.25. The van der Waals surface area contributed by atoms with Crippen molar-refractivity contribution >= 4 is 29.1 Å². The van der Waals surface area contributed by atoms with Crippen LogP contribution in [0.2, 0.25) is 5.02 Å². The number of hydrogen-bond acceptors (Lipinski definition) is 5. The molecule has 7 nitrogen and oxygen atoms in total. The van der Waals surface area contributed by atoms with Gasteiger partial charge in [-0.1, -0.05) is 11.6 Å². The molecular formula is C16H22ClN3O4. The lowest BCUT2D eigenvalue weighted by Gasteiger charge is -2.28. The fourth-order valence-corrected chi connectivity index (χ4v) is 2.58. The van der Waals surface area contributed by atoms with E-state index in [9.17, 15) is 9.59 Å². The molecule has 1 aliphatic rings. The average molecular weight is 356 g/mol. The van der Waals surface area contributed by atoms with Crippen molar-refractivity contribution in [3.63, 3.8) is 0 Å². The maximum Gasteiger partial charge on any atom is 0.238 e. The fourth-order valence-electron chi connectivity index (χ4n) is 2.41. The normalized spacial score (nSPS) is 14.6. The number of nitrogens with one attached hydrogen (secondary N) is 1. The molecule has 1 heterocycles. The molecule has 2 rings (SSSR count). The second kappa shape index (κ2) is 8.86. The zero-order chi connectivity index (χ0) is 17.5. The van der Waals surface area contributed by atoms with E-state index in [1.807, 2.05) is 0 Å². The number of anilines is 1. The van der Waals surface area contributed by atoms with Crippen molar-refractivity contribution in [1.29, 1.82) is 0 Å². The standard InChI is InChI=1S/C16H22ClN3O4/c1-19(11-16(22)20-5-7-24-8-6-20)10-15(21)18-13-9-12(17)3-4-14(13)23-2/h3-4,9H,5-8,10-11H2,1-2H3,(H,18,21). The average Bonchev–Trinajstić information content (AvgIpc) is 2.55. The van der Waals surface area contributed by atoms with Crippen LogP contribution in [0.15, 0.2) is 18.2 Å². The Morgan fingerprint density at radius 1 is 1.33 bits per heavy atom. The summed E-state index contributed by atoms with van der Waals surface area (Å²) in [4.78, 5) is 27.7. The Bertz CT molecular complexity index is 591. The second-order valence-corrected chi connectivity index (χ2v) is 5.99. The van der Waals surface area contributed by atoms with Gasteiger partial charge >= 0.3 is 0 Å². The molecule has 0 aromatic heterocycles. The quantitative estimate of drug-likeness (QED) is 0.826. The molecule has 1 saturated heterocycles. The molecule has 1 aromatic rings. The smallest absolute Gasteiger partial charge is 0.238 e. The summed E-state index contributed by atoms with van der Waals surface area (Å²) < 4.78 is 10.4. The van der Waals surface area contributed by atoms with Gasteiger partial charge in [-0.05, 0) is 25.2 Å². The van der Waals surface area contributed by atoms with Gasteiger partial charge in [-0.15, -0.1) is 0 Å². The van der Waals surface area contributed by atoms with Crippen LogP contribution in [0.1, 0.15) is 0 Å². The van der Waals surface area contributed by atoms with Gasteiger partial charge in [0.2, 0.25) is 11.8 Å². The molecule has 0 saturated carbocycles. The van der Waals surface area contributed by atoms with Gasteiger partial charge < -0.3 is 19.7 Å². The van der Waals surface area contributed by atoms with Crippen LogP contribution in [0.5, 0.6) is 5.75 Å². The zero-order valence-electron chi connectivity index (χ0n) is 13.9. The van der Waals surface area contributed by atoms with Crippen molar-refractivity contribution in [2.24, 2.45) is 0 Å². The van der Waals surface area contributed by atoms with Crippen LogP contribution < -0.4 is 10.1 Å². The van der Waals surface area contributed by atoms with E-state index in [0.717, 1.165) is 0 Å². The van der Waals surface area contributed by atoms with Gasteiger partial charge in [0.15, 0.2) is 0 Å². The Balaban J connectivity index is 1.85. The molecule has 0 unspecified atom stereocenters. The molecule has 1 aliphatic heterocycles. The van der Waals surface area contributed by atoms with Gasteiger partial charge in [-0.25, -0.2) is 0 Å². The highest BCUT2D eigenvalue weighted by atomic mass is 35.5. The fraction of sp³-hybridized carbons (Fsp3) is 0.500. The lowest BCUT2D eigenvalue weighted by molar-refractivity contribution is -0.136. The third-order valence-electron chi connectivity index (χ3n) is 3.62. The minimum atomic E-state index is -0.243. The summed E-state index contributed by atoms with van der Waals surface area (Å²) in [6.07, 6.45) is 0. The molecule has 2 amide bonds. The maximum absolute atomic E-state index is 12.2. The predicted octanol–water partition coefficient (Wildman–Crippen LogP) is 1.08. The molecule has 0 radical (unpaired) electrons. The maximum atomic E-state index is 12.2. The van der Waals surface area contributed by atoms with Gasteiger partial charge in [0.1, 0.15) is 5.75 Å². The Labute approximate surface area is 146 Å². The Hall–Kier alpha value is -1.83. The Morgan fingerprint density at radius 2 is 2.04 bits per heavy atom. The van der Waals surface area contributed by atoms with Gasteiger partial charge in [0.05, 0.1) is 39.1 Å². The third-order valence-corrected chi connectivity index (χ3v) is 3.85. The molecule has 8 heteroatoms. The number of likely N-dealkylation sites (N-methyl/N-ethyl adjacent to an activating group) is 1. The minimum Gasteiger partial charge on any atom is -0.495 e. The van der Waals surface area contributed by atoms with Crippen molar-refractivity contribution in [2.75, 3.05) is 58.9 Å². The number of hydrogen-bond donors (Lipinski definition) is 1. The third kappa shape index (κ3) is 5.36. The number of methoxy groups -OCH3 is 1. The lowest BCUT2D eigenvalue weighted by Crippen LogP contribution is -2.46. The van der Waals surface area contributed by atoms with Crippen molar-refractivity contribution in [2.45, 2.75) is 0 Å². The van der Waals surface area contributed by atoms with E-state index in [0.29, 0.717) is 42.8 Å². The SMILES string of the molecule is COc1ccc(Cl)cc1NC(=O)CN(C)CC(=O)N1CCOCC1. The van der Waals surface area contributed by atoms with Crippen molar-refractivity contribution in [3.8, 4) is 5.75 Å². The molecule has 132 valence electrons. The van der Waals surface area contributed by atoms with E-state index in [1.165, 1.54) is 7.11 Å². The Kier molecular flexibility index (Phi) is 6.84. The number of rotatable bonds is 6. The first-order valence-corrected chi connectivity index (χ1v) is 8.05. The number of morpholine rings is 1. The topological polar surface area (TPSA) is 71.1 Å². The second-order valence-electron chi connectivity index (χ2n) is 5.56. The van der Waals surface area contributed by atoms with Crippen LogP contribution in [0.25, 0.3) is 0 Å². The molecule has 24 heavy (non-hydrogen) atoms. The first kappa shape index (κ1) is 18.5. The van der Waals surface area contributed by atoms with Crippen LogP contribution in [0.4, 0.5) is 5.69 Å². The largest absolute Gasteiger partial charge is 0.495 e. The number of nitrogens with zero attached hydrogens (tertiary/aromatic N) is 2. The monoisotopic (exact) mass is 355 g/mol. The van der Waals surface area contributed by atoms with Gasteiger partial charge in [0.25, 0.3) is 0 Å². The summed E-state index contributed by atoms with van der Waals surface area (Å²) in [5.41, 5.74) is 0.503. The summed E-state index contributed by atoms with van der Waals surface area (Å²) >= 11 is 5.94. The van der Waals surface area contributed by atoms with Crippen molar-refractivity contribution in [1.82, 2.24) is 9.80 Å². The van der Waals surface area contributed by atoms with Gasteiger partial charge in [-0.3, -0.25) is 14.5 Å². The molecule has 0 aliphatic carbocycles. The van der Waals surface area contributed by atoms with Crippen LogP contribution in [0, 0.1) is 0 Å². The number of halogens is 1. The highest BCUT2D eigenvalue weighted by Crippen LogP contribution is 2.27. The van der Waals surface area contributed by atoms with Crippen LogP contribution >= 0.6 is 11.6 Å². The van der Waals surface area contributed by atoms with Crippen LogP contribution in [0.3, 0.4) is 0 Å². The molecule has 1 fully saturated rings. The number of carbonyl (C=O) groups is 2. The molecular weight excluding hydrogens is 334 g/mol. The van der Waals surface area contributed by atoms with Gasteiger partial charge in [0, 0.05) is 18.1 Å².